The normalized spacial score (nSPS) is 17.6. The average Bonchev–Trinajstić information content (AvgIpc) is 3.11. The number of rotatable bonds is 5. The van der Waals surface area contributed by atoms with E-state index in [9.17, 15) is 4.79 Å². The van der Waals surface area contributed by atoms with E-state index in [4.69, 9.17) is 9.47 Å². The Balaban J connectivity index is 1.29. The second-order valence-electron chi connectivity index (χ2n) is 6.92. The molecule has 8 heteroatoms. The molecule has 1 aromatic carbocycles. The van der Waals surface area contributed by atoms with E-state index in [0.717, 1.165) is 62.2 Å². The van der Waals surface area contributed by atoms with Crippen LogP contribution in [0.5, 0.6) is 5.75 Å². The van der Waals surface area contributed by atoms with Crippen molar-refractivity contribution in [1.29, 1.82) is 0 Å². The summed E-state index contributed by atoms with van der Waals surface area (Å²) < 4.78 is 12.8. The molecule has 4 rings (SSSR count). The predicted octanol–water partition coefficient (Wildman–Crippen LogP) is 0.704. The van der Waals surface area contributed by atoms with Gasteiger partial charge in [0.2, 0.25) is 5.91 Å². The lowest BCUT2D eigenvalue weighted by atomic mass is 10.1. The van der Waals surface area contributed by atoms with Crippen molar-refractivity contribution in [3.05, 3.63) is 41.5 Å². The van der Waals surface area contributed by atoms with Gasteiger partial charge in [0.25, 0.3) is 0 Å². The van der Waals surface area contributed by atoms with E-state index in [0.29, 0.717) is 19.6 Å². The minimum Gasteiger partial charge on any atom is -0.497 e. The number of carbonyl (C=O) groups is 1. The van der Waals surface area contributed by atoms with Crippen LogP contribution in [0.15, 0.2) is 24.3 Å². The Morgan fingerprint density at radius 1 is 1.19 bits per heavy atom. The zero-order valence-corrected chi connectivity index (χ0v) is 15.6. The summed E-state index contributed by atoms with van der Waals surface area (Å²) >= 11 is 0. The molecule has 0 unspecified atom stereocenters. The standard InChI is InChI=1S/C19H25N5O3/c1-26-16-4-2-3-15(11-16)12-19(25)23-7-5-22(6-8-23)13-17-20-21-18-14-27-10-9-24(17)18/h2-4,11H,5-10,12-14H2,1H3. The number of methoxy groups -OCH3 is 1. The number of nitrogens with zero attached hydrogens (tertiary/aromatic N) is 5. The van der Waals surface area contributed by atoms with Gasteiger partial charge in [-0.15, -0.1) is 10.2 Å². The fraction of sp³-hybridized carbons (Fsp3) is 0.526. The van der Waals surface area contributed by atoms with Gasteiger partial charge in [-0.2, -0.15) is 0 Å². The third-order valence-electron chi connectivity index (χ3n) is 5.17. The first-order valence-corrected chi connectivity index (χ1v) is 9.34. The maximum absolute atomic E-state index is 12.6. The average molecular weight is 371 g/mol. The molecule has 3 heterocycles. The van der Waals surface area contributed by atoms with E-state index in [2.05, 4.69) is 19.7 Å². The molecule has 27 heavy (non-hydrogen) atoms. The predicted molar refractivity (Wildman–Crippen MR) is 98.2 cm³/mol. The van der Waals surface area contributed by atoms with Crippen LogP contribution in [0.4, 0.5) is 0 Å². The van der Waals surface area contributed by atoms with Crippen LogP contribution in [0, 0.1) is 0 Å². The van der Waals surface area contributed by atoms with Crippen LogP contribution in [0.1, 0.15) is 17.2 Å². The minimum absolute atomic E-state index is 0.167. The van der Waals surface area contributed by atoms with Crippen molar-refractivity contribution in [2.45, 2.75) is 26.1 Å². The van der Waals surface area contributed by atoms with Gasteiger partial charge in [-0.1, -0.05) is 12.1 Å². The summed E-state index contributed by atoms with van der Waals surface area (Å²) in [5.41, 5.74) is 0.985. The Morgan fingerprint density at radius 2 is 2.04 bits per heavy atom. The van der Waals surface area contributed by atoms with Crippen molar-refractivity contribution in [3.8, 4) is 5.75 Å². The van der Waals surface area contributed by atoms with Gasteiger partial charge in [0.05, 0.1) is 26.7 Å². The number of aromatic nitrogens is 3. The van der Waals surface area contributed by atoms with E-state index in [1.54, 1.807) is 7.11 Å². The van der Waals surface area contributed by atoms with Gasteiger partial charge in [-0.25, -0.2) is 0 Å². The van der Waals surface area contributed by atoms with Gasteiger partial charge in [-0.05, 0) is 17.7 Å². The molecule has 144 valence electrons. The molecule has 2 aliphatic heterocycles. The molecule has 1 saturated heterocycles. The highest BCUT2D eigenvalue weighted by molar-refractivity contribution is 5.79. The van der Waals surface area contributed by atoms with Crippen LogP contribution in [0.2, 0.25) is 0 Å². The highest BCUT2D eigenvalue weighted by Crippen LogP contribution is 2.16. The summed E-state index contributed by atoms with van der Waals surface area (Å²) in [5.74, 6) is 2.85. The second-order valence-corrected chi connectivity index (χ2v) is 6.92. The number of ether oxygens (including phenoxy) is 2. The smallest absolute Gasteiger partial charge is 0.227 e. The molecule has 1 fully saturated rings. The van der Waals surface area contributed by atoms with Gasteiger partial charge in [0, 0.05) is 32.7 Å². The number of fused-ring (bicyclic) bond motifs is 1. The zero-order chi connectivity index (χ0) is 18.6. The third-order valence-corrected chi connectivity index (χ3v) is 5.17. The Hall–Kier alpha value is -2.45. The van der Waals surface area contributed by atoms with E-state index in [1.807, 2.05) is 29.2 Å². The summed E-state index contributed by atoms with van der Waals surface area (Å²) in [5, 5.41) is 8.53. The van der Waals surface area contributed by atoms with Crippen molar-refractivity contribution in [3.63, 3.8) is 0 Å². The second kappa shape index (κ2) is 8.06. The van der Waals surface area contributed by atoms with E-state index in [1.165, 1.54) is 0 Å². The quantitative estimate of drug-likeness (QED) is 0.771. The molecular formula is C19H25N5O3. The lowest BCUT2D eigenvalue weighted by Gasteiger charge is -2.34. The van der Waals surface area contributed by atoms with Gasteiger partial charge >= 0.3 is 0 Å². The summed E-state index contributed by atoms with van der Waals surface area (Å²) in [7, 11) is 1.64. The van der Waals surface area contributed by atoms with Gasteiger partial charge in [0.1, 0.15) is 18.2 Å². The molecule has 0 atom stereocenters. The summed E-state index contributed by atoms with van der Waals surface area (Å²) in [6.07, 6.45) is 0.412. The molecule has 0 aliphatic carbocycles. The monoisotopic (exact) mass is 371 g/mol. The Morgan fingerprint density at radius 3 is 2.85 bits per heavy atom. The van der Waals surface area contributed by atoms with Crippen molar-refractivity contribution in [2.24, 2.45) is 0 Å². The SMILES string of the molecule is COc1cccc(CC(=O)N2CCN(Cc3nnc4n3CCOC4)CC2)c1. The Bertz CT molecular complexity index is 798. The van der Waals surface area contributed by atoms with E-state index >= 15 is 0 Å². The van der Waals surface area contributed by atoms with Crippen molar-refractivity contribution in [2.75, 3.05) is 39.9 Å². The highest BCUT2D eigenvalue weighted by atomic mass is 16.5. The molecule has 0 radical (unpaired) electrons. The number of amides is 1. The molecule has 0 bridgehead atoms. The first kappa shape index (κ1) is 17.9. The van der Waals surface area contributed by atoms with Crippen LogP contribution in [0.3, 0.4) is 0 Å². The number of hydrogen-bond donors (Lipinski definition) is 0. The van der Waals surface area contributed by atoms with Crippen LogP contribution < -0.4 is 4.74 Å². The largest absolute Gasteiger partial charge is 0.497 e. The topological polar surface area (TPSA) is 72.7 Å². The fourth-order valence-electron chi connectivity index (χ4n) is 3.60. The molecular weight excluding hydrogens is 346 g/mol. The van der Waals surface area contributed by atoms with Crippen molar-refractivity contribution in [1.82, 2.24) is 24.6 Å². The lowest BCUT2D eigenvalue weighted by Crippen LogP contribution is -2.49. The molecule has 2 aromatic rings. The van der Waals surface area contributed by atoms with Crippen molar-refractivity contribution >= 4 is 5.91 Å². The third kappa shape index (κ3) is 4.12. The maximum atomic E-state index is 12.6. The van der Waals surface area contributed by atoms with Crippen LogP contribution >= 0.6 is 0 Å². The number of benzene rings is 1. The zero-order valence-electron chi connectivity index (χ0n) is 15.6. The number of hydrogen-bond acceptors (Lipinski definition) is 6. The molecule has 2 aliphatic rings. The fourth-order valence-corrected chi connectivity index (χ4v) is 3.60. The summed E-state index contributed by atoms with van der Waals surface area (Å²) in [4.78, 5) is 16.9. The Labute approximate surface area is 158 Å². The highest BCUT2D eigenvalue weighted by Gasteiger charge is 2.24. The molecule has 0 N–H and O–H groups in total. The molecule has 1 aromatic heterocycles. The van der Waals surface area contributed by atoms with Crippen LogP contribution in [0.25, 0.3) is 0 Å². The number of carbonyl (C=O) groups excluding carboxylic acids is 1. The first-order valence-electron chi connectivity index (χ1n) is 9.34. The van der Waals surface area contributed by atoms with E-state index in [-0.39, 0.29) is 5.91 Å². The van der Waals surface area contributed by atoms with E-state index < -0.39 is 0 Å². The summed E-state index contributed by atoms with van der Waals surface area (Å²) in [6.45, 7) is 6.02. The number of piperazine rings is 1. The summed E-state index contributed by atoms with van der Waals surface area (Å²) in [6, 6.07) is 7.70. The van der Waals surface area contributed by atoms with Gasteiger partial charge in [0.15, 0.2) is 5.82 Å². The molecule has 0 spiro atoms. The molecule has 1 amide bonds. The van der Waals surface area contributed by atoms with Crippen molar-refractivity contribution < 1.29 is 14.3 Å². The maximum Gasteiger partial charge on any atom is 0.227 e. The molecule has 0 saturated carbocycles. The van der Waals surface area contributed by atoms with Crippen LogP contribution in [-0.2, 0) is 35.6 Å². The van der Waals surface area contributed by atoms with Gasteiger partial charge < -0.3 is 18.9 Å². The first-order chi connectivity index (χ1) is 13.2. The minimum atomic E-state index is 0.167. The van der Waals surface area contributed by atoms with Crippen LogP contribution in [-0.4, -0.2) is 70.4 Å². The molecule has 8 nitrogen and oxygen atoms in total. The van der Waals surface area contributed by atoms with Gasteiger partial charge in [-0.3, -0.25) is 9.69 Å². The lowest BCUT2D eigenvalue weighted by molar-refractivity contribution is -0.132. The Kier molecular flexibility index (Phi) is 5.35.